The zero-order chi connectivity index (χ0) is 14.0. The molecule has 0 radical (unpaired) electrons. The van der Waals surface area contributed by atoms with Gasteiger partial charge in [-0.1, -0.05) is 6.07 Å². The van der Waals surface area contributed by atoms with E-state index in [0.717, 1.165) is 10.9 Å². The average Bonchev–Trinajstić information content (AvgIpc) is 2.82. The standard InChI is InChI=1S/C14H16N2O3/c1-9(2)16(8-13(17)18)14(19)11-4-3-5-12-10(11)6-7-15-12/h3-7,9,15H,8H2,1-2H3,(H,17,18). The lowest BCUT2D eigenvalue weighted by molar-refractivity contribution is -0.138. The number of nitrogens with one attached hydrogen (secondary N) is 1. The Morgan fingerprint density at radius 3 is 2.68 bits per heavy atom. The van der Waals surface area contributed by atoms with Crippen LogP contribution in [0.5, 0.6) is 0 Å². The van der Waals surface area contributed by atoms with Gasteiger partial charge in [0.1, 0.15) is 6.54 Å². The number of aromatic amines is 1. The molecule has 0 aliphatic carbocycles. The van der Waals surface area contributed by atoms with Crippen LogP contribution in [0.4, 0.5) is 0 Å². The molecule has 0 bridgehead atoms. The fraction of sp³-hybridized carbons (Fsp3) is 0.286. The SMILES string of the molecule is CC(C)N(CC(=O)O)C(=O)c1cccc2[nH]ccc12. The molecule has 1 aromatic heterocycles. The van der Waals surface area contributed by atoms with Crippen LogP contribution in [-0.4, -0.2) is 39.5 Å². The number of fused-ring (bicyclic) bond motifs is 1. The van der Waals surface area contributed by atoms with Crippen molar-refractivity contribution < 1.29 is 14.7 Å². The van der Waals surface area contributed by atoms with E-state index in [1.54, 1.807) is 32.2 Å². The van der Waals surface area contributed by atoms with Crippen LogP contribution in [0.25, 0.3) is 10.9 Å². The number of benzene rings is 1. The first-order valence-corrected chi connectivity index (χ1v) is 6.09. The highest BCUT2D eigenvalue weighted by Crippen LogP contribution is 2.19. The van der Waals surface area contributed by atoms with E-state index in [-0.39, 0.29) is 18.5 Å². The van der Waals surface area contributed by atoms with E-state index >= 15 is 0 Å². The number of H-pyrrole nitrogens is 1. The van der Waals surface area contributed by atoms with Crippen molar-refractivity contribution in [1.29, 1.82) is 0 Å². The molecule has 2 rings (SSSR count). The molecule has 0 saturated carbocycles. The first kappa shape index (κ1) is 13.1. The Hall–Kier alpha value is -2.30. The molecule has 2 N–H and O–H groups in total. The smallest absolute Gasteiger partial charge is 0.323 e. The van der Waals surface area contributed by atoms with Gasteiger partial charge in [-0.05, 0) is 32.0 Å². The highest BCUT2D eigenvalue weighted by atomic mass is 16.4. The maximum Gasteiger partial charge on any atom is 0.323 e. The van der Waals surface area contributed by atoms with Crippen molar-refractivity contribution in [3.63, 3.8) is 0 Å². The second-order valence-corrected chi connectivity index (χ2v) is 4.67. The van der Waals surface area contributed by atoms with Gasteiger partial charge in [-0.25, -0.2) is 0 Å². The summed E-state index contributed by atoms with van der Waals surface area (Å²) in [5, 5.41) is 9.71. The summed E-state index contributed by atoms with van der Waals surface area (Å²) in [4.78, 5) is 27.7. The quantitative estimate of drug-likeness (QED) is 0.884. The summed E-state index contributed by atoms with van der Waals surface area (Å²) in [6.07, 6.45) is 1.76. The summed E-state index contributed by atoms with van der Waals surface area (Å²) >= 11 is 0. The molecule has 0 spiro atoms. The highest BCUT2D eigenvalue weighted by Gasteiger charge is 2.22. The van der Waals surface area contributed by atoms with E-state index in [0.29, 0.717) is 5.56 Å². The highest BCUT2D eigenvalue weighted by molar-refractivity contribution is 6.07. The molecule has 1 amide bonds. The summed E-state index contributed by atoms with van der Waals surface area (Å²) in [5.74, 6) is -1.27. The fourth-order valence-corrected chi connectivity index (χ4v) is 2.06. The van der Waals surface area contributed by atoms with Gasteiger partial charge in [0.25, 0.3) is 5.91 Å². The third kappa shape index (κ3) is 2.59. The van der Waals surface area contributed by atoms with Crippen LogP contribution in [-0.2, 0) is 4.79 Å². The average molecular weight is 260 g/mol. The predicted octanol–water partition coefficient (Wildman–Crippen LogP) is 2.10. The van der Waals surface area contributed by atoms with Gasteiger partial charge in [-0.3, -0.25) is 9.59 Å². The number of amides is 1. The number of hydrogen-bond donors (Lipinski definition) is 2. The number of rotatable bonds is 4. The Labute approximate surface area is 110 Å². The van der Waals surface area contributed by atoms with Crippen molar-refractivity contribution in [2.24, 2.45) is 0 Å². The minimum atomic E-state index is -1.01. The molecule has 19 heavy (non-hydrogen) atoms. The number of nitrogens with zero attached hydrogens (tertiary/aromatic N) is 1. The number of hydrogen-bond acceptors (Lipinski definition) is 2. The summed E-state index contributed by atoms with van der Waals surface area (Å²) < 4.78 is 0. The summed E-state index contributed by atoms with van der Waals surface area (Å²) in [7, 11) is 0. The Morgan fingerprint density at radius 1 is 1.32 bits per heavy atom. The minimum absolute atomic E-state index is 0.169. The molecular formula is C14H16N2O3. The van der Waals surface area contributed by atoms with E-state index in [1.165, 1.54) is 4.90 Å². The molecule has 0 aliphatic rings. The number of aliphatic carboxylic acids is 1. The van der Waals surface area contributed by atoms with E-state index in [1.807, 2.05) is 12.1 Å². The van der Waals surface area contributed by atoms with Crippen molar-refractivity contribution in [3.05, 3.63) is 36.0 Å². The van der Waals surface area contributed by atoms with Crippen molar-refractivity contribution in [2.75, 3.05) is 6.54 Å². The Kier molecular flexibility index (Phi) is 3.55. The van der Waals surface area contributed by atoms with Crippen LogP contribution in [0.2, 0.25) is 0 Å². The molecule has 5 heteroatoms. The van der Waals surface area contributed by atoms with E-state index in [4.69, 9.17) is 5.11 Å². The fourth-order valence-electron chi connectivity index (χ4n) is 2.06. The number of aromatic nitrogens is 1. The van der Waals surface area contributed by atoms with Crippen molar-refractivity contribution in [1.82, 2.24) is 9.88 Å². The van der Waals surface area contributed by atoms with E-state index in [9.17, 15) is 9.59 Å². The van der Waals surface area contributed by atoms with Gasteiger partial charge < -0.3 is 15.0 Å². The predicted molar refractivity (Wildman–Crippen MR) is 72.1 cm³/mol. The molecule has 0 atom stereocenters. The first-order chi connectivity index (χ1) is 9.00. The van der Waals surface area contributed by atoms with Crippen molar-refractivity contribution in [3.8, 4) is 0 Å². The van der Waals surface area contributed by atoms with Gasteiger partial charge in [0.15, 0.2) is 0 Å². The number of carbonyl (C=O) groups is 2. The summed E-state index contributed by atoms with van der Waals surface area (Å²) in [6.45, 7) is 3.31. The zero-order valence-corrected chi connectivity index (χ0v) is 10.9. The van der Waals surface area contributed by atoms with Crippen molar-refractivity contribution in [2.45, 2.75) is 19.9 Å². The Balaban J connectivity index is 2.41. The zero-order valence-electron chi connectivity index (χ0n) is 10.9. The normalized spacial score (nSPS) is 10.9. The lowest BCUT2D eigenvalue weighted by Crippen LogP contribution is -2.40. The minimum Gasteiger partial charge on any atom is -0.480 e. The van der Waals surface area contributed by atoms with Gasteiger partial charge in [0, 0.05) is 28.7 Å². The van der Waals surface area contributed by atoms with Gasteiger partial charge in [0.05, 0.1) is 0 Å². The molecular weight excluding hydrogens is 244 g/mol. The van der Waals surface area contributed by atoms with Crippen LogP contribution in [0.15, 0.2) is 30.5 Å². The van der Waals surface area contributed by atoms with Crippen LogP contribution >= 0.6 is 0 Å². The van der Waals surface area contributed by atoms with Crippen LogP contribution in [0, 0.1) is 0 Å². The third-order valence-electron chi connectivity index (χ3n) is 3.02. The second kappa shape index (κ2) is 5.14. The summed E-state index contributed by atoms with van der Waals surface area (Å²) in [5.41, 5.74) is 1.39. The lowest BCUT2D eigenvalue weighted by Gasteiger charge is -2.25. The second-order valence-electron chi connectivity index (χ2n) is 4.67. The molecule has 0 aliphatic heterocycles. The third-order valence-corrected chi connectivity index (χ3v) is 3.02. The first-order valence-electron chi connectivity index (χ1n) is 6.09. The van der Waals surface area contributed by atoms with Gasteiger partial charge >= 0.3 is 5.97 Å². The van der Waals surface area contributed by atoms with Crippen LogP contribution < -0.4 is 0 Å². The Bertz CT molecular complexity index is 616. The molecule has 0 unspecified atom stereocenters. The number of carbonyl (C=O) groups excluding carboxylic acids is 1. The van der Waals surface area contributed by atoms with Gasteiger partial charge in [-0.15, -0.1) is 0 Å². The molecule has 0 fully saturated rings. The monoisotopic (exact) mass is 260 g/mol. The molecule has 0 saturated heterocycles. The van der Waals surface area contributed by atoms with Gasteiger partial charge in [-0.2, -0.15) is 0 Å². The van der Waals surface area contributed by atoms with Gasteiger partial charge in [0.2, 0.25) is 0 Å². The largest absolute Gasteiger partial charge is 0.480 e. The summed E-state index contributed by atoms with van der Waals surface area (Å²) in [6, 6.07) is 7.03. The molecule has 1 aromatic carbocycles. The topological polar surface area (TPSA) is 73.4 Å². The van der Waals surface area contributed by atoms with Crippen LogP contribution in [0.3, 0.4) is 0 Å². The van der Waals surface area contributed by atoms with Crippen molar-refractivity contribution >= 4 is 22.8 Å². The van der Waals surface area contributed by atoms with E-state index < -0.39 is 5.97 Å². The molecule has 2 aromatic rings. The van der Waals surface area contributed by atoms with E-state index in [2.05, 4.69) is 4.98 Å². The Morgan fingerprint density at radius 2 is 2.05 bits per heavy atom. The molecule has 100 valence electrons. The number of carboxylic acids is 1. The number of carboxylic acid groups (broad SMARTS) is 1. The lowest BCUT2D eigenvalue weighted by atomic mass is 10.1. The molecule has 1 heterocycles. The maximum absolute atomic E-state index is 12.5. The molecule has 5 nitrogen and oxygen atoms in total. The van der Waals surface area contributed by atoms with Crippen LogP contribution in [0.1, 0.15) is 24.2 Å². The maximum atomic E-state index is 12.5.